The molecule has 170 valence electrons. The predicted molar refractivity (Wildman–Crippen MR) is 141 cm³/mol. The van der Waals surface area contributed by atoms with Crippen LogP contribution in [-0.2, 0) is 11.2 Å². The van der Waals surface area contributed by atoms with Crippen LogP contribution in [-0.4, -0.2) is 16.8 Å². The number of anilines is 2. The molecule has 0 saturated carbocycles. The number of carbonyl (C=O) groups excluding carboxylic acids is 2. The molecule has 0 bridgehead atoms. The molecule has 0 saturated heterocycles. The van der Waals surface area contributed by atoms with Crippen molar-refractivity contribution in [2.45, 2.75) is 13.3 Å². The number of nitrogens with zero attached hydrogens (tertiary/aromatic N) is 1. The second-order valence-electron chi connectivity index (χ2n) is 7.51. The van der Waals surface area contributed by atoms with Gasteiger partial charge < -0.3 is 10.6 Å². The minimum Gasteiger partial charge on any atom is -0.322 e. The van der Waals surface area contributed by atoms with E-state index in [2.05, 4.69) is 42.3 Å². The first-order chi connectivity index (χ1) is 16.4. The van der Waals surface area contributed by atoms with Crippen molar-refractivity contribution in [1.29, 1.82) is 0 Å². The van der Waals surface area contributed by atoms with Crippen molar-refractivity contribution < 1.29 is 9.59 Å². The standard InChI is InChI=1S/C29H27N3O2/c1-5-8-9-20(4)28(33)31-25-14-12-23(13-15-25)27-17-16-26(19-30-27)32-29(34)24-11-10-21(6-2)22(7-3)18-24/h5,7-19H,1,3-4,6H2,2H3,(H,31,33)(H,32,34)/b9-8-. The lowest BCUT2D eigenvalue weighted by Gasteiger charge is -2.09. The van der Waals surface area contributed by atoms with E-state index in [0.29, 0.717) is 22.5 Å². The lowest BCUT2D eigenvalue weighted by Crippen LogP contribution is -2.12. The monoisotopic (exact) mass is 449 g/mol. The molecule has 1 heterocycles. The Morgan fingerprint density at radius 2 is 1.71 bits per heavy atom. The number of aryl methyl sites for hydroxylation is 1. The minimum absolute atomic E-state index is 0.204. The van der Waals surface area contributed by atoms with Gasteiger partial charge in [-0.05, 0) is 53.9 Å². The highest BCUT2D eigenvalue weighted by Gasteiger charge is 2.10. The van der Waals surface area contributed by atoms with Crippen LogP contribution in [0.15, 0.2) is 104 Å². The maximum atomic E-state index is 12.6. The Morgan fingerprint density at radius 3 is 2.32 bits per heavy atom. The van der Waals surface area contributed by atoms with Gasteiger partial charge in [0.2, 0.25) is 0 Å². The van der Waals surface area contributed by atoms with E-state index in [1.807, 2.05) is 36.4 Å². The molecule has 0 aliphatic rings. The van der Waals surface area contributed by atoms with Crippen molar-refractivity contribution in [1.82, 2.24) is 4.98 Å². The maximum absolute atomic E-state index is 12.6. The summed E-state index contributed by atoms with van der Waals surface area (Å²) in [4.78, 5) is 29.2. The van der Waals surface area contributed by atoms with Crippen LogP contribution in [0.2, 0.25) is 0 Å². The Kier molecular flexibility index (Phi) is 8.08. The van der Waals surface area contributed by atoms with E-state index < -0.39 is 0 Å². The van der Waals surface area contributed by atoms with Gasteiger partial charge in [-0.1, -0.05) is 69.2 Å². The van der Waals surface area contributed by atoms with Gasteiger partial charge in [0.25, 0.3) is 11.8 Å². The fourth-order valence-corrected chi connectivity index (χ4v) is 3.29. The van der Waals surface area contributed by atoms with Crippen LogP contribution in [0.5, 0.6) is 0 Å². The number of allylic oxidation sites excluding steroid dienone is 2. The first-order valence-corrected chi connectivity index (χ1v) is 10.9. The largest absolute Gasteiger partial charge is 0.322 e. The lowest BCUT2D eigenvalue weighted by atomic mass is 10.0. The SMILES string of the molecule is C=C/C=C\C(=C)C(=O)Nc1ccc(-c2ccc(NC(=O)c3ccc(CC)c(C=C)c3)cn2)cc1. The van der Waals surface area contributed by atoms with Crippen molar-refractivity contribution in [3.05, 3.63) is 121 Å². The predicted octanol–water partition coefficient (Wildman–Crippen LogP) is 6.44. The molecular weight excluding hydrogens is 422 g/mol. The second-order valence-corrected chi connectivity index (χ2v) is 7.51. The molecule has 5 nitrogen and oxygen atoms in total. The Bertz CT molecular complexity index is 1250. The van der Waals surface area contributed by atoms with Gasteiger partial charge in [0.15, 0.2) is 0 Å². The summed E-state index contributed by atoms with van der Waals surface area (Å²) in [5.74, 6) is -0.487. The van der Waals surface area contributed by atoms with Crippen molar-refractivity contribution in [2.24, 2.45) is 0 Å². The Balaban J connectivity index is 1.65. The van der Waals surface area contributed by atoms with Crippen LogP contribution in [0, 0.1) is 0 Å². The Hall–Kier alpha value is -4.51. The van der Waals surface area contributed by atoms with E-state index in [1.54, 1.807) is 48.7 Å². The molecule has 2 aromatic carbocycles. The molecule has 0 aliphatic carbocycles. The average molecular weight is 450 g/mol. The van der Waals surface area contributed by atoms with Gasteiger partial charge in [0.05, 0.1) is 17.6 Å². The molecule has 0 atom stereocenters. The van der Waals surface area contributed by atoms with Gasteiger partial charge in [0.1, 0.15) is 0 Å². The highest BCUT2D eigenvalue weighted by atomic mass is 16.2. The normalized spacial score (nSPS) is 10.5. The molecule has 34 heavy (non-hydrogen) atoms. The van der Waals surface area contributed by atoms with E-state index in [9.17, 15) is 9.59 Å². The fraction of sp³-hybridized carbons (Fsp3) is 0.0690. The first-order valence-electron chi connectivity index (χ1n) is 10.9. The highest BCUT2D eigenvalue weighted by molar-refractivity contribution is 6.05. The van der Waals surface area contributed by atoms with Crippen molar-refractivity contribution >= 4 is 29.3 Å². The van der Waals surface area contributed by atoms with E-state index in [4.69, 9.17) is 0 Å². The van der Waals surface area contributed by atoms with E-state index in [1.165, 1.54) is 0 Å². The number of hydrogen-bond acceptors (Lipinski definition) is 3. The maximum Gasteiger partial charge on any atom is 0.255 e. The van der Waals surface area contributed by atoms with Gasteiger partial charge in [-0.15, -0.1) is 0 Å². The summed E-state index contributed by atoms with van der Waals surface area (Å²) in [6.45, 7) is 13.2. The number of amides is 2. The second kappa shape index (κ2) is 11.4. The molecule has 0 unspecified atom stereocenters. The van der Waals surface area contributed by atoms with E-state index in [0.717, 1.165) is 28.8 Å². The molecule has 0 spiro atoms. The molecule has 5 heteroatoms. The van der Waals surface area contributed by atoms with Gasteiger partial charge >= 0.3 is 0 Å². The number of hydrogen-bond donors (Lipinski definition) is 2. The zero-order chi connectivity index (χ0) is 24.5. The summed E-state index contributed by atoms with van der Waals surface area (Å²) in [7, 11) is 0. The molecule has 2 amide bonds. The van der Waals surface area contributed by atoms with Gasteiger partial charge in [0, 0.05) is 22.4 Å². The van der Waals surface area contributed by atoms with Crippen molar-refractivity contribution in [3.63, 3.8) is 0 Å². The van der Waals surface area contributed by atoms with Gasteiger partial charge in [-0.3, -0.25) is 14.6 Å². The third-order valence-electron chi connectivity index (χ3n) is 5.19. The number of benzene rings is 2. The van der Waals surface area contributed by atoms with Crippen LogP contribution >= 0.6 is 0 Å². The first kappa shape index (κ1) is 24.1. The van der Waals surface area contributed by atoms with Crippen LogP contribution < -0.4 is 10.6 Å². The summed E-state index contributed by atoms with van der Waals surface area (Å²) in [5.41, 5.74) is 5.89. The van der Waals surface area contributed by atoms with Gasteiger partial charge in [-0.2, -0.15) is 0 Å². The average Bonchev–Trinajstić information content (AvgIpc) is 2.87. The summed E-state index contributed by atoms with van der Waals surface area (Å²) < 4.78 is 0. The minimum atomic E-state index is -0.284. The van der Waals surface area contributed by atoms with E-state index in [-0.39, 0.29) is 11.8 Å². The van der Waals surface area contributed by atoms with Gasteiger partial charge in [-0.25, -0.2) is 0 Å². The number of aromatic nitrogens is 1. The fourth-order valence-electron chi connectivity index (χ4n) is 3.29. The molecule has 1 aromatic heterocycles. The summed E-state index contributed by atoms with van der Waals surface area (Å²) in [6, 6.07) is 16.6. The Labute approximate surface area is 200 Å². The molecule has 3 rings (SSSR count). The van der Waals surface area contributed by atoms with Crippen LogP contribution in [0.1, 0.15) is 28.4 Å². The summed E-state index contributed by atoms with van der Waals surface area (Å²) in [6.07, 6.45) is 9.10. The number of nitrogens with one attached hydrogen (secondary N) is 2. The lowest BCUT2D eigenvalue weighted by molar-refractivity contribution is -0.112. The smallest absolute Gasteiger partial charge is 0.255 e. The van der Waals surface area contributed by atoms with Crippen LogP contribution in [0.4, 0.5) is 11.4 Å². The third-order valence-corrected chi connectivity index (χ3v) is 5.19. The summed E-state index contributed by atoms with van der Waals surface area (Å²) >= 11 is 0. The van der Waals surface area contributed by atoms with E-state index >= 15 is 0 Å². The quantitative estimate of drug-likeness (QED) is 0.292. The molecule has 0 aliphatic heterocycles. The molecule has 0 fully saturated rings. The molecule has 3 aromatic rings. The zero-order valence-corrected chi connectivity index (χ0v) is 19.2. The highest BCUT2D eigenvalue weighted by Crippen LogP contribution is 2.22. The molecule has 0 radical (unpaired) electrons. The molecule has 2 N–H and O–H groups in total. The van der Waals surface area contributed by atoms with Crippen LogP contribution in [0.25, 0.3) is 17.3 Å². The van der Waals surface area contributed by atoms with Crippen molar-refractivity contribution in [2.75, 3.05) is 10.6 Å². The molecular formula is C29H27N3O2. The zero-order valence-electron chi connectivity index (χ0n) is 19.2. The van der Waals surface area contributed by atoms with Crippen LogP contribution in [0.3, 0.4) is 0 Å². The topological polar surface area (TPSA) is 71.1 Å². The Morgan fingerprint density at radius 1 is 0.971 bits per heavy atom. The van der Waals surface area contributed by atoms with Crippen molar-refractivity contribution in [3.8, 4) is 11.3 Å². The number of carbonyl (C=O) groups is 2. The third kappa shape index (κ3) is 6.04. The summed E-state index contributed by atoms with van der Waals surface area (Å²) in [5, 5.41) is 5.67. The number of pyridine rings is 1. The number of rotatable bonds is 9.